The van der Waals surface area contributed by atoms with Gasteiger partial charge in [0.05, 0.1) is 5.56 Å². The number of nitrogens with zero attached hydrogens (tertiary/aromatic N) is 3. The van der Waals surface area contributed by atoms with Crippen molar-refractivity contribution in [3.05, 3.63) is 51.4 Å². The molecule has 0 unspecified atom stereocenters. The summed E-state index contributed by atoms with van der Waals surface area (Å²) in [4.78, 5) is 32.7. The number of amides is 1. The minimum Gasteiger partial charge on any atom is -0.338 e. The highest BCUT2D eigenvalue weighted by atomic mass is 35.5. The van der Waals surface area contributed by atoms with E-state index in [2.05, 4.69) is 21.5 Å². The first-order valence-corrected chi connectivity index (χ1v) is 8.16. The lowest BCUT2D eigenvalue weighted by Crippen LogP contribution is -2.40. The lowest BCUT2D eigenvalue weighted by molar-refractivity contribution is 0.0703. The fourth-order valence-corrected chi connectivity index (χ4v) is 3.25. The van der Waals surface area contributed by atoms with Crippen LogP contribution in [0.5, 0.6) is 0 Å². The van der Waals surface area contributed by atoms with Crippen LogP contribution >= 0.6 is 11.6 Å². The number of imidazole rings is 1. The van der Waals surface area contributed by atoms with Gasteiger partial charge >= 0.3 is 0 Å². The van der Waals surface area contributed by atoms with Crippen molar-refractivity contribution in [2.24, 2.45) is 0 Å². The van der Waals surface area contributed by atoms with Crippen molar-refractivity contribution in [3.8, 4) is 0 Å². The number of aryl methyl sites for hydroxylation is 1. The molecule has 1 atom stereocenters. The van der Waals surface area contributed by atoms with Crippen molar-refractivity contribution in [2.75, 3.05) is 13.1 Å². The standard InChI is InChI=1S/C16H19ClN4O2/c1-2-20-7-5-18-14(20)11-4-3-6-21(10-11)16(23)12-8-13(17)15(22)19-9-12/h5,7-9,11H,2-4,6,10H2,1H3,(H,19,22)/t11-/m0/s1. The predicted molar refractivity (Wildman–Crippen MR) is 87.9 cm³/mol. The Morgan fingerprint density at radius 3 is 3.09 bits per heavy atom. The summed E-state index contributed by atoms with van der Waals surface area (Å²) in [6.07, 6.45) is 7.16. The first kappa shape index (κ1) is 15.8. The van der Waals surface area contributed by atoms with Crippen molar-refractivity contribution in [2.45, 2.75) is 32.2 Å². The Balaban J connectivity index is 1.79. The number of pyridine rings is 1. The van der Waals surface area contributed by atoms with Crippen LogP contribution in [0.15, 0.2) is 29.5 Å². The van der Waals surface area contributed by atoms with Crippen LogP contribution in [-0.2, 0) is 6.54 Å². The van der Waals surface area contributed by atoms with Crippen LogP contribution < -0.4 is 5.56 Å². The Kier molecular flexibility index (Phi) is 4.52. The van der Waals surface area contributed by atoms with E-state index in [-0.39, 0.29) is 22.4 Å². The quantitative estimate of drug-likeness (QED) is 0.936. The number of aromatic amines is 1. The summed E-state index contributed by atoms with van der Waals surface area (Å²) in [5.41, 5.74) is 0.0267. The van der Waals surface area contributed by atoms with Crippen LogP contribution in [0.2, 0.25) is 5.02 Å². The van der Waals surface area contributed by atoms with Crippen LogP contribution in [0.4, 0.5) is 0 Å². The van der Waals surface area contributed by atoms with Crippen molar-refractivity contribution in [1.29, 1.82) is 0 Å². The minimum absolute atomic E-state index is 0.0333. The molecule has 3 rings (SSSR count). The molecular formula is C16H19ClN4O2. The van der Waals surface area contributed by atoms with Gasteiger partial charge in [0.1, 0.15) is 10.8 Å². The third-order valence-electron chi connectivity index (χ3n) is 4.27. The van der Waals surface area contributed by atoms with E-state index in [0.717, 1.165) is 25.2 Å². The largest absolute Gasteiger partial charge is 0.338 e. The van der Waals surface area contributed by atoms with E-state index in [1.54, 1.807) is 6.20 Å². The number of carbonyl (C=O) groups is 1. The molecule has 0 aromatic carbocycles. The highest BCUT2D eigenvalue weighted by molar-refractivity contribution is 6.30. The van der Waals surface area contributed by atoms with Gasteiger partial charge in [-0.25, -0.2) is 4.98 Å². The highest BCUT2D eigenvalue weighted by Gasteiger charge is 2.28. The number of rotatable bonds is 3. The maximum atomic E-state index is 12.7. The zero-order valence-electron chi connectivity index (χ0n) is 13.0. The van der Waals surface area contributed by atoms with E-state index in [4.69, 9.17) is 11.6 Å². The van der Waals surface area contributed by atoms with E-state index in [1.165, 1.54) is 12.3 Å². The van der Waals surface area contributed by atoms with Gasteiger partial charge in [0.15, 0.2) is 0 Å². The number of hydrogen-bond donors (Lipinski definition) is 1. The third-order valence-corrected chi connectivity index (χ3v) is 4.55. The normalized spacial score (nSPS) is 18.2. The summed E-state index contributed by atoms with van der Waals surface area (Å²) in [5, 5.41) is 0.0333. The summed E-state index contributed by atoms with van der Waals surface area (Å²) in [6.45, 7) is 4.29. The Bertz CT molecular complexity index is 767. The summed E-state index contributed by atoms with van der Waals surface area (Å²) < 4.78 is 2.12. The Morgan fingerprint density at radius 1 is 1.52 bits per heavy atom. The molecule has 3 heterocycles. The van der Waals surface area contributed by atoms with E-state index >= 15 is 0 Å². The average Bonchev–Trinajstić information content (AvgIpc) is 3.05. The summed E-state index contributed by atoms with van der Waals surface area (Å²) in [6, 6.07) is 1.43. The van der Waals surface area contributed by atoms with Gasteiger partial charge < -0.3 is 14.5 Å². The average molecular weight is 335 g/mol. The molecule has 2 aromatic heterocycles. The zero-order chi connectivity index (χ0) is 16.4. The van der Waals surface area contributed by atoms with E-state index in [0.29, 0.717) is 18.7 Å². The Morgan fingerprint density at radius 2 is 2.35 bits per heavy atom. The summed E-state index contributed by atoms with van der Waals surface area (Å²) in [7, 11) is 0. The van der Waals surface area contributed by atoms with E-state index in [1.807, 2.05) is 11.1 Å². The molecule has 122 valence electrons. The minimum atomic E-state index is -0.385. The van der Waals surface area contributed by atoms with Gasteiger partial charge in [-0.2, -0.15) is 0 Å². The number of carbonyl (C=O) groups excluding carboxylic acids is 1. The number of nitrogens with one attached hydrogen (secondary N) is 1. The van der Waals surface area contributed by atoms with Gasteiger partial charge in [0, 0.05) is 44.1 Å². The molecule has 0 saturated carbocycles. The lowest BCUT2D eigenvalue weighted by Gasteiger charge is -2.32. The molecule has 1 aliphatic rings. The van der Waals surface area contributed by atoms with Gasteiger partial charge in [0.2, 0.25) is 0 Å². The van der Waals surface area contributed by atoms with Crippen LogP contribution in [0, 0.1) is 0 Å². The Labute approximate surface area is 139 Å². The van der Waals surface area contributed by atoms with E-state index < -0.39 is 0 Å². The van der Waals surface area contributed by atoms with Crippen molar-refractivity contribution >= 4 is 17.5 Å². The fourth-order valence-electron chi connectivity index (χ4n) is 3.08. The molecule has 1 saturated heterocycles. The number of aromatic nitrogens is 3. The van der Waals surface area contributed by atoms with Crippen LogP contribution in [0.1, 0.15) is 41.9 Å². The molecule has 0 aliphatic carbocycles. The second-order valence-corrected chi connectivity index (χ2v) is 6.13. The maximum absolute atomic E-state index is 12.7. The molecular weight excluding hydrogens is 316 g/mol. The topological polar surface area (TPSA) is 71.0 Å². The third kappa shape index (κ3) is 3.17. The number of H-pyrrole nitrogens is 1. The molecule has 1 aliphatic heterocycles. The monoisotopic (exact) mass is 334 g/mol. The van der Waals surface area contributed by atoms with Gasteiger partial charge in [-0.15, -0.1) is 0 Å². The van der Waals surface area contributed by atoms with Gasteiger partial charge in [0.25, 0.3) is 11.5 Å². The van der Waals surface area contributed by atoms with Crippen LogP contribution in [-0.4, -0.2) is 38.4 Å². The molecule has 1 fully saturated rings. The summed E-state index contributed by atoms with van der Waals surface area (Å²) in [5.74, 6) is 1.16. The fraction of sp³-hybridized carbons (Fsp3) is 0.438. The highest BCUT2D eigenvalue weighted by Crippen LogP contribution is 2.26. The smallest absolute Gasteiger partial charge is 0.266 e. The molecule has 1 N–H and O–H groups in total. The van der Waals surface area contributed by atoms with E-state index in [9.17, 15) is 9.59 Å². The molecule has 1 amide bonds. The molecule has 7 heteroatoms. The molecule has 2 aromatic rings. The van der Waals surface area contributed by atoms with Gasteiger partial charge in [-0.1, -0.05) is 11.6 Å². The second-order valence-electron chi connectivity index (χ2n) is 5.73. The Hall–Kier alpha value is -2.08. The molecule has 23 heavy (non-hydrogen) atoms. The first-order valence-electron chi connectivity index (χ1n) is 7.78. The number of halogens is 1. The first-order chi connectivity index (χ1) is 11.1. The molecule has 0 bridgehead atoms. The zero-order valence-corrected chi connectivity index (χ0v) is 13.7. The molecule has 0 radical (unpaired) electrons. The van der Waals surface area contributed by atoms with Crippen LogP contribution in [0.25, 0.3) is 0 Å². The lowest BCUT2D eigenvalue weighted by atomic mass is 9.96. The number of likely N-dealkylation sites (tertiary alicyclic amines) is 1. The second kappa shape index (κ2) is 6.58. The molecule has 0 spiro atoms. The van der Waals surface area contributed by atoms with Crippen LogP contribution in [0.3, 0.4) is 0 Å². The predicted octanol–water partition coefficient (Wildman–Crippen LogP) is 2.26. The van der Waals surface area contributed by atoms with Crippen molar-refractivity contribution in [1.82, 2.24) is 19.4 Å². The SMILES string of the molecule is CCn1ccnc1[C@H]1CCCN(C(=O)c2c[nH]c(=O)c(Cl)c2)C1. The van der Waals surface area contributed by atoms with Gasteiger partial charge in [-0.3, -0.25) is 9.59 Å². The maximum Gasteiger partial charge on any atom is 0.266 e. The van der Waals surface area contributed by atoms with Crippen molar-refractivity contribution < 1.29 is 4.79 Å². The van der Waals surface area contributed by atoms with Crippen molar-refractivity contribution in [3.63, 3.8) is 0 Å². The number of piperidine rings is 1. The number of hydrogen-bond acceptors (Lipinski definition) is 3. The van der Waals surface area contributed by atoms with Gasteiger partial charge in [-0.05, 0) is 25.8 Å². The molecule has 6 nitrogen and oxygen atoms in total. The summed E-state index contributed by atoms with van der Waals surface area (Å²) >= 11 is 5.82.